The van der Waals surface area contributed by atoms with Crippen molar-refractivity contribution in [2.45, 2.75) is 12.2 Å². The molecule has 0 aliphatic heterocycles. The van der Waals surface area contributed by atoms with Crippen molar-refractivity contribution in [1.82, 2.24) is 4.98 Å². The summed E-state index contributed by atoms with van der Waals surface area (Å²) >= 11 is 0. The molecule has 0 radical (unpaired) electrons. The van der Waals surface area contributed by atoms with Crippen LogP contribution in [0, 0.1) is 0 Å². The van der Waals surface area contributed by atoms with Crippen molar-refractivity contribution in [3.8, 4) is 5.88 Å². The van der Waals surface area contributed by atoms with Crippen molar-refractivity contribution >= 4 is 12.4 Å². The summed E-state index contributed by atoms with van der Waals surface area (Å²) in [5.41, 5.74) is 4.87. The van der Waals surface area contributed by atoms with Gasteiger partial charge in [-0.15, -0.1) is 12.4 Å². The number of aromatic nitrogens is 1. The molecule has 0 aromatic carbocycles. The van der Waals surface area contributed by atoms with Crippen molar-refractivity contribution in [2.24, 2.45) is 5.73 Å². The van der Waals surface area contributed by atoms with Gasteiger partial charge in [0, 0.05) is 12.3 Å². The van der Waals surface area contributed by atoms with Gasteiger partial charge in [-0.05, 0) is 5.56 Å². The van der Waals surface area contributed by atoms with Crippen molar-refractivity contribution in [3.63, 3.8) is 0 Å². The molecular formula is C8H10ClF3N2O. The molecule has 0 spiro atoms. The molecule has 0 aliphatic carbocycles. The van der Waals surface area contributed by atoms with Gasteiger partial charge in [-0.2, -0.15) is 13.2 Å². The number of pyridine rings is 1. The maximum Gasteiger partial charge on any atom is 0.407 e. The van der Waals surface area contributed by atoms with E-state index in [1.807, 2.05) is 0 Å². The second kappa shape index (κ2) is 5.18. The van der Waals surface area contributed by atoms with Crippen LogP contribution in [0.4, 0.5) is 13.2 Å². The lowest BCUT2D eigenvalue weighted by atomic mass is 10.1. The molecule has 0 amide bonds. The first kappa shape index (κ1) is 14.0. The fraction of sp³-hybridized carbons (Fsp3) is 0.375. The summed E-state index contributed by atoms with van der Waals surface area (Å²) < 4.78 is 41.1. The van der Waals surface area contributed by atoms with Crippen molar-refractivity contribution in [2.75, 3.05) is 7.11 Å². The number of rotatable bonds is 2. The summed E-state index contributed by atoms with van der Waals surface area (Å²) in [5.74, 6) is 0.253. The monoisotopic (exact) mass is 242 g/mol. The molecule has 15 heavy (non-hydrogen) atoms. The Morgan fingerprint density at radius 2 is 2.00 bits per heavy atom. The lowest BCUT2D eigenvalue weighted by Crippen LogP contribution is -2.28. The largest absolute Gasteiger partial charge is 0.481 e. The van der Waals surface area contributed by atoms with E-state index >= 15 is 0 Å². The van der Waals surface area contributed by atoms with Crippen LogP contribution in [0.1, 0.15) is 11.6 Å². The van der Waals surface area contributed by atoms with Gasteiger partial charge in [0.15, 0.2) is 0 Å². The fourth-order valence-electron chi connectivity index (χ4n) is 0.885. The number of nitrogens with two attached hydrogens (primary N) is 1. The van der Waals surface area contributed by atoms with Gasteiger partial charge < -0.3 is 10.5 Å². The van der Waals surface area contributed by atoms with Crippen LogP contribution in [-0.4, -0.2) is 18.3 Å². The highest BCUT2D eigenvalue weighted by Gasteiger charge is 2.37. The van der Waals surface area contributed by atoms with Gasteiger partial charge in [0.05, 0.1) is 7.11 Å². The maximum absolute atomic E-state index is 12.1. The van der Waals surface area contributed by atoms with Gasteiger partial charge in [0.1, 0.15) is 6.04 Å². The first-order chi connectivity index (χ1) is 6.45. The van der Waals surface area contributed by atoms with Crippen molar-refractivity contribution < 1.29 is 17.9 Å². The molecule has 3 nitrogen and oxygen atoms in total. The number of hydrogen-bond donors (Lipinski definition) is 1. The normalized spacial score (nSPS) is 12.9. The highest BCUT2D eigenvalue weighted by molar-refractivity contribution is 5.85. The molecule has 1 atom stereocenters. The molecule has 0 aliphatic rings. The summed E-state index contributed by atoms with van der Waals surface area (Å²) in [5, 5.41) is 0. The predicted octanol–water partition coefficient (Wildman–Crippen LogP) is 2.07. The zero-order chi connectivity index (χ0) is 10.8. The van der Waals surface area contributed by atoms with E-state index in [1.54, 1.807) is 0 Å². The zero-order valence-corrected chi connectivity index (χ0v) is 8.60. The Balaban J connectivity index is 0.00000196. The summed E-state index contributed by atoms with van der Waals surface area (Å²) in [6.45, 7) is 0. The Kier molecular flexibility index (Phi) is 4.83. The molecule has 1 rings (SSSR count). The lowest BCUT2D eigenvalue weighted by Gasteiger charge is -2.15. The Bertz CT molecular complexity index is 302. The van der Waals surface area contributed by atoms with E-state index in [0.29, 0.717) is 0 Å². The third kappa shape index (κ3) is 3.56. The van der Waals surface area contributed by atoms with Gasteiger partial charge in [-0.1, -0.05) is 6.07 Å². The zero-order valence-electron chi connectivity index (χ0n) is 7.78. The number of alkyl halides is 3. The number of hydrogen-bond acceptors (Lipinski definition) is 3. The molecule has 2 N–H and O–H groups in total. The van der Waals surface area contributed by atoms with Crippen molar-refractivity contribution in [1.29, 1.82) is 0 Å². The highest BCUT2D eigenvalue weighted by Crippen LogP contribution is 2.30. The quantitative estimate of drug-likeness (QED) is 0.864. The lowest BCUT2D eigenvalue weighted by molar-refractivity contribution is -0.149. The average Bonchev–Trinajstić information content (AvgIpc) is 2.15. The fourth-order valence-corrected chi connectivity index (χ4v) is 0.885. The summed E-state index contributed by atoms with van der Waals surface area (Å²) in [6.07, 6.45) is -3.40. The minimum absolute atomic E-state index is 0. The second-order valence-corrected chi connectivity index (χ2v) is 2.65. The van der Waals surface area contributed by atoms with E-state index in [4.69, 9.17) is 10.5 Å². The Labute approximate surface area is 90.8 Å². The van der Waals surface area contributed by atoms with E-state index in [1.165, 1.54) is 19.2 Å². The van der Waals surface area contributed by atoms with Gasteiger partial charge in [-0.3, -0.25) is 0 Å². The minimum Gasteiger partial charge on any atom is -0.481 e. The average molecular weight is 243 g/mol. The predicted molar refractivity (Wildman–Crippen MR) is 51.0 cm³/mol. The van der Waals surface area contributed by atoms with Crippen LogP contribution >= 0.6 is 12.4 Å². The van der Waals surface area contributed by atoms with Gasteiger partial charge in [0.25, 0.3) is 0 Å². The molecule has 86 valence electrons. The number of ether oxygens (including phenoxy) is 1. The molecule has 0 saturated heterocycles. The number of methoxy groups -OCH3 is 1. The van der Waals surface area contributed by atoms with Crippen molar-refractivity contribution in [3.05, 3.63) is 23.9 Å². The third-order valence-corrected chi connectivity index (χ3v) is 1.68. The molecule has 1 heterocycles. The van der Waals surface area contributed by atoms with Gasteiger partial charge in [-0.25, -0.2) is 4.98 Å². The van der Waals surface area contributed by atoms with Gasteiger partial charge in [0.2, 0.25) is 5.88 Å². The van der Waals surface area contributed by atoms with Crippen LogP contribution in [0.25, 0.3) is 0 Å². The Morgan fingerprint density at radius 3 is 2.33 bits per heavy atom. The van der Waals surface area contributed by atoms with Crippen LogP contribution in [0.2, 0.25) is 0 Å². The van der Waals surface area contributed by atoms with Crippen LogP contribution in [0.5, 0.6) is 5.88 Å². The molecular weight excluding hydrogens is 233 g/mol. The molecule has 1 aromatic heterocycles. The smallest absolute Gasteiger partial charge is 0.407 e. The molecule has 0 unspecified atom stereocenters. The van der Waals surface area contributed by atoms with E-state index < -0.39 is 12.2 Å². The van der Waals surface area contributed by atoms with Gasteiger partial charge >= 0.3 is 6.18 Å². The van der Waals surface area contributed by atoms with E-state index in [-0.39, 0.29) is 23.9 Å². The molecule has 0 fully saturated rings. The number of nitrogens with zero attached hydrogens (tertiary/aromatic N) is 1. The summed E-state index contributed by atoms with van der Waals surface area (Å²) in [4.78, 5) is 3.63. The van der Waals surface area contributed by atoms with E-state index in [0.717, 1.165) is 6.20 Å². The van der Waals surface area contributed by atoms with Crippen LogP contribution in [-0.2, 0) is 0 Å². The van der Waals surface area contributed by atoms with Crippen LogP contribution < -0.4 is 10.5 Å². The Morgan fingerprint density at radius 1 is 1.40 bits per heavy atom. The second-order valence-electron chi connectivity index (χ2n) is 2.65. The molecule has 0 saturated carbocycles. The summed E-state index contributed by atoms with van der Waals surface area (Å²) in [6, 6.07) is 0.575. The van der Waals surface area contributed by atoms with Crippen LogP contribution in [0.15, 0.2) is 18.3 Å². The van der Waals surface area contributed by atoms with Crippen LogP contribution in [0.3, 0.4) is 0 Å². The Hall–Kier alpha value is -1.01. The molecule has 0 bridgehead atoms. The maximum atomic E-state index is 12.1. The molecule has 1 aromatic rings. The third-order valence-electron chi connectivity index (χ3n) is 1.68. The van der Waals surface area contributed by atoms with E-state index in [2.05, 4.69) is 4.98 Å². The first-order valence-electron chi connectivity index (χ1n) is 3.77. The molecule has 7 heteroatoms. The SMILES string of the molecule is COc1ccc([C@H](N)C(F)(F)F)cn1.Cl. The topological polar surface area (TPSA) is 48.1 Å². The standard InChI is InChI=1S/C8H9F3N2O.ClH/c1-14-6-3-2-5(4-13-6)7(12)8(9,10)11;/h2-4,7H,12H2,1H3;1H/t7-;/m0./s1. The number of halogens is 4. The summed E-state index contributed by atoms with van der Waals surface area (Å²) in [7, 11) is 1.38. The highest BCUT2D eigenvalue weighted by atomic mass is 35.5. The first-order valence-corrected chi connectivity index (χ1v) is 3.77. The minimum atomic E-state index is -4.45. The van der Waals surface area contributed by atoms with E-state index in [9.17, 15) is 13.2 Å².